The number of aliphatic hydroxyl groups excluding tert-OH is 1. The van der Waals surface area contributed by atoms with Crippen molar-refractivity contribution in [1.82, 2.24) is 4.90 Å². The molecular weight excluding hydrogens is 386 g/mol. The van der Waals surface area contributed by atoms with E-state index < -0.39 is 17.7 Å². The largest absolute Gasteiger partial charge is 0.507 e. The van der Waals surface area contributed by atoms with Crippen LogP contribution in [-0.2, 0) is 9.59 Å². The van der Waals surface area contributed by atoms with Crippen molar-refractivity contribution in [2.75, 3.05) is 14.2 Å². The van der Waals surface area contributed by atoms with Crippen LogP contribution in [0.3, 0.4) is 0 Å². The molecule has 1 aliphatic rings. The van der Waals surface area contributed by atoms with E-state index in [9.17, 15) is 14.7 Å². The fraction of sp³-hybridized carbons (Fsp3) is 0.158. The van der Waals surface area contributed by atoms with Crippen LogP contribution in [0.1, 0.15) is 17.2 Å². The molecule has 1 atom stereocenters. The van der Waals surface area contributed by atoms with Gasteiger partial charge in [-0.3, -0.25) is 9.59 Å². The highest BCUT2D eigenvalue weighted by Gasteiger charge is 2.44. The molecule has 6 heteroatoms. The monoisotopic (exact) mass is 401 g/mol. The number of ether oxygens (including phenoxy) is 1. The number of halogens is 1. The molecule has 1 amide bonds. The molecule has 0 aliphatic carbocycles. The van der Waals surface area contributed by atoms with Crippen LogP contribution in [0.5, 0.6) is 5.75 Å². The molecule has 0 unspecified atom stereocenters. The number of Topliss-reactive ketones (excluding diaryl/α,β-unsaturated/α-hetero) is 1. The average Bonchev–Trinajstić information content (AvgIpc) is 2.86. The van der Waals surface area contributed by atoms with E-state index in [1.165, 1.54) is 4.90 Å². The lowest BCUT2D eigenvalue weighted by atomic mass is 9.95. The highest BCUT2D eigenvalue weighted by atomic mass is 79.9. The molecule has 1 saturated heterocycles. The summed E-state index contributed by atoms with van der Waals surface area (Å²) in [5, 5.41) is 10.7. The van der Waals surface area contributed by atoms with Gasteiger partial charge in [0.25, 0.3) is 11.7 Å². The van der Waals surface area contributed by atoms with E-state index in [1.54, 1.807) is 62.7 Å². The average molecular weight is 402 g/mol. The van der Waals surface area contributed by atoms with Crippen LogP contribution in [0.4, 0.5) is 0 Å². The molecule has 5 nitrogen and oxygen atoms in total. The van der Waals surface area contributed by atoms with E-state index >= 15 is 0 Å². The van der Waals surface area contributed by atoms with Crippen LogP contribution in [0.15, 0.2) is 58.6 Å². The van der Waals surface area contributed by atoms with Crippen molar-refractivity contribution < 1.29 is 19.4 Å². The molecule has 0 radical (unpaired) electrons. The maximum absolute atomic E-state index is 12.5. The van der Waals surface area contributed by atoms with Crippen molar-refractivity contribution in [2.45, 2.75) is 6.04 Å². The molecule has 3 rings (SSSR count). The third-order valence-electron chi connectivity index (χ3n) is 4.22. The van der Waals surface area contributed by atoms with E-state index in [4.69, 9.17) is 4.74 Å². The third kappa shape index (κ3) is 3.05. The Morgan fingerprint density at radius 1 is 1.08 bits per heavy atom. The molecule has 2 aromatic rings. The topological polar surface area (TPSA) is 66.8 Å². The minimum absolute atomic E-state index is 0.0833. The van der Waals surface area contributed by atoms with Gasteiger partial charge in [-0.1, -0.05) is 40.2 Å². The van der Waals surface area contributed by atoms with Gasteiger partial charge in [0.05, 0.1) is 18.7 Å². The van der Waals surface area contributed by atoms with Gasteiger partial charge >= 0.3 is 0 Å². The highest BCUT2D eigenvalue weighted by molar-refractivity contribution is 9.10. The smallest absolute Gasteiger partial charge is 0.295 e. The summed E-state index contributed by atoms with van der Waals surface area (Å²) in [6.45, 7) is 0. The van der Waals surface area contributed by atoms with Crippen LogP contribution in [0, 0.1) is 0 Å². The molecule has 0 bridgehead atoms. The quantitative estimate of drug-likeness (QED) is 0.485. The van der Waals surface area contributed by atoms with Crippen LogP contribution >= 0.6 is 15.9 Å². The zero-order valence-electron chi connectivity index (χ0n) is 13.7. The number of carbonyl (C=O) groups is 2. The number of likely N-dealkylation sites (tertiary alicyclic amines) is 1. The number of nitrogens with zero attached hydrogens (tertiary/aromatic N) is 1. The summed E-state index contributed by atoms with van der Waals surface area (Å²) in [5.41, 5.74) is 1.29. The number of amides is 1. The van der Waals surface area contributed by atoms with E-state index in [1.807, 2.05) is 0 Å². The molecule has 1 aliphatic heterocycles. The van der Waals surface area contributed by atoms with Gasteiger partial charge in [-0.15, -0.1) is 0 Å². The molecule has 2 aromatic carbocycles. The first kappa shape index (κ1) is 17.2. The second-order valence-electron chi connectivity index (χ2n) is 5.69. The number of likely N-dealkylation sites (N-methyl/N-ethyl adjacent to an activating group) is 1. The SMILES string of the molecule is COc1ccc([C@H]2C(=C(O)c3ccc(Br)cc3)C(=O)C(=O)N2C)cc1. The number of hydrogen-bond donors (Lipinski definition) is 1. The van der Waals surface area contributed by atoms with Crippen molar-refractivity contribution in [1.29, 1.82) is 0 Å². The van der Waals surface area contributed by atoms with Gasteiger partial charge in [0, 0.05) is 17.1 Å². The first-order valence-electron chi connectivity index (χ1n) is 7.58. The second-order valence-corrected chi connectivity index (χ2v) is 6.61. The minimum atomic E-state index is -0.691. The van der Waals surface area contributed by atoms with Gasteiger partial charge in [0.15, 0.2) is 0 Å². The van der Waals surface area contributed by atoms with Gasteiger partial charge < -0.3 is 14.7 Å². The molecule has 1 fully saturated rings. The van der Waals surface area contributed by atoms with Gasteiger partial charge in [-0.25, -0.2) is 0 Å². The van der Waals surface area contributed by atoms with Gasteiger partial charge in [-0.2, -0.15) is 0 Å². The molecule has 25 heavy (non-hydrogen) atoms. The van der Waals surface area contributed by atoms with Gasteiger partial charge in [-0.05, 0) is 29.8 Å². The lowest BCUT2D eigenvalue weighted by Crippen LogP contribution is -2.24. The first-order valence-corrected chi connectivity index (χ1v) is 8.38. The van der Waals surface area contributed by atoms with Crippen molar-refractivity contribution in [2.24, 2.45) is 0 Å². The van der Waals surface area contributed by atoms with Crippen LogP contribution in [-0.4, -0.2) is 35.9 Å². The summed E-state index contributed by atoms with van der Waals surface area (Å²) in [5.74, 6) is -0.844. The third-order valence-corrected chi connectivity index (χ3v) is 4.75. The number of rotatable bonds is 3. The zero-order chi connectivity index (χ0) is 18.1. The predicted octanol–water partition coefficient (Wildman–Crippen LogP) is 3.51. The van der Waals surface area contributed by atoms with Gasteiger partial charge in [0.1, 0.15) is 11.5 Å². The molecule has 128 valence electrons. The van der Waals surface area contributed by atoms with E-state index in [-0.39, 0.29) is 11.3 Å². The number of carbonyl (C=O) groups excluding carboxylic acids is 2. The number of methoxy groups -OCH3 is 1. The Kier molecular flexibility index (Phi) is 4.63. The number of ketones is 1. The Hall–Kier alpha value is -2.60. The van der Waals surface area contributed by atoms with Gasteiger partial charge in [0.2, 0.25) is 0 Å². The Balaban J connectivity index is 2.13. The Bertz CT molecular complexity index is 856. The van der Waals surface area contributed by atoms with E-state index in [2.05, 4.69) is 15.9 Å². The lowest BCUT2D eigenvalue weighted by Gasteiger charge is -2.21. The molecule has 0 spiro atoms. The fourth-order valence-corrected chi connectivity index (χ4v) is 3.15. The summed E-state index contributed by atoms with van der Waals surface area (Å²) in [4.78, 5) is 26.0. The molecule has 0 saturated carbocycles. The van der Waals surface area contributed by atoms with Crippen LogP contribution < -0.4 is 4.74 Å². The van der Waals surface area contributed by atoms with Crippen LogP contribution in [0.25, 0.3) is 5.76 Å². The summed E-state index contributed by atoms with van der Waals surface area (Å²) in [6.07, 6.45) is 0. The summed E-state index contributed by atoms with van der Waals surface area (Å²) >= 11 is 3.33. The summed E-state index contributed by atoms with van der Waals surface area (Å²) in [7, 11) is 3.12. The fourth-order valence-electron chi connectivity index (χ4n) is 2.89. The van der Waals surface area contributed by atoms with Crippen molar-refractivity contribution in [3.05, 3.63) is 69.7 Å². The zero-order valence-corrected chi connectivity index (χ0v) is 15.3. The summed E-state index contributed by atoms with van der Waals surface area (Å²) < 4.78 is 6.00. The number of hydrogen-bond acceptors (Lipinski definition) is 4. The number of benzene rings is 2. The standard InChI is InChI=1S/C19H16BrNO4/c1-21-16(11-5-9-14(25-2)10-6-11)15(18(23)19(21)24)17(22)12-3-7-13(20)8-4-12/h3-10,16,22H,1-2H3/t16-/m0/s1. The molecule has 0 aromatic heterocycles. The lowest BCUT2D eigenvalue weighted by molar-refractivity contribution is -0.139. The highest BCUT2D eigenvalue weighted by Crippen LogP contribution is 2.38. The second kappa shape index (κ2) is 6.72. The Morgan fingerprint density at radius 3 is 2.24 bits per heavy atom. The first-order chi connectivity index (χ1) is 11.9. The molecule has 1 N–H and O–H groups in total. The predicted molar refractivity (Wildman–Crippen MR) is 97.2 cm³/mol. The Labute approximate surface area is 153 Å². The maximum Gasteiger partial charge on any atom is 0.295 e. The van der Waals surface area contributed by atoms with E-state index in [0.29, 0.717) is 11.3 Å². The number of aliphatic hydroxyl groups is 1. The maximum atomic E-state index is 12.5. The normalized spacial score (nSPS) is 19.3. The Morgan fingerprint density at radius 2 is 1.68 bits per heavy atom. The summed E-state index contributed by atoms with van der Waals surface area (Å²) in [6, 6.07) is 13.3. The molecular formula is C19H16BrNO4. The van der Waals surface area contributed by atoms with Crippen LogP contribution in [0.2, 0.25) is 0 Å². The molecule has 1 heterocycles. The van der Waals surface area contributed by atoms with Crippen molar-refractivity contribution in [3.8, 4) is 5.75 Å². The van der Waals surface area contributed by atoms with Crippen molar-refractivity contribution >= 4 is 33.4 Å². The van der Waals surface area contributed by atoms with E-state index in [0.717, 1.165) is 10.0 Å². The van der Waals surface area contributed by atoms with Crippen molar-refractivity contribution in [3.63, 3.8) is 0 Å². The minimum Gasteiger partial charge on any atom is -0.507 e.